The zero-order valence-electron chi connectivity index (χ0n) is 10.00. The molecule has 0 spiro atoms. The summed E-state index contributed by atoms with van der Waals surface area (Å²) < 4.78 is 6.27. The maximum Gasteiger partial charge on any atom is 0.293 e. The first-order valence-electron chi connectivity index (χ1n) is 5.54. The third-order valence-electron chi connectivity index (χ3n) is 2.61. The molecule has 1 aromatic carbocycles. The minimum atomic E-state index is -0.302. The van der Waals surface area contributed by atoms with Crippen molar-refractivity contribution >= 4 is 5.78 Å². The van der Waals surface area contributed by atoms with E-state index < -0.39 is 0 Å². The fourth-order valence-electron chi connectivity index (χ4n) is 1.66. The summed E-state index contributed by atoms with van der Waals surface area (Å²) in [6.07, 6.45) is 1.58. The van der Waals surface area contributed by atoms with Crippen LogP contribution in [0.15, 0.2) is 53.5 Å². The van der Waals surface area contributed by atoms with Crippen LogP contribution in [0.1, 0.15) is 10.4 Å². The number of carbonyl (C=O) groups excluding carboxylic acids is 1. The summed E-state index contributed by atoms with van der Waals surface area (Å²) in [6, 6.07) is 12.1. The van der Waals surface area contributed by atoms with Gasteiger partial charge < -0.3 is 9.30 Å². The van der Waals surface area contributed by atoms with E-state index in [1.54, 1.807) is 42.6 Å². The minimum Gasteiger partial charge on any atom is -0.491 e. The average molecular weight is 243 g/mol. The van der Waals surface area contributed by atoms with Crippen LogP contribution in [0.3, 0.4) is 0 Å². The number of aromatic nitrogens is 1. The summed E-state index contributed by atoms with van der Waals surface area (Å²) in [5, 5.41) is 0. The molecule has 0 saturated heterocycles. The number of ketones is 1. The number of ether oxygens (including phenoxy) is 1. The SMILES string of the molecule is COc1cccn(CC(=O)c2ccccc2)c1=O. The number of rotatable bonds is 4. The number of carbonyl (C=O) groups is 1. The van der Waals surface area contributed by atoms with Crippen LogP contribution in [0.25, 0.3) is 0 Å². The fourth-order valence-corrected chi connectivity index (χ4v) is 1.66. The van der Waals surface area contributed by atoms with Crippen LogP contribution >= 0.6 is 0 Å². The molecule has 1 heterocycles. The molecule has 2 aromatic rings. The van der Waals surface area contributed by atoms with Gasteiger partial charge in [0.2, 0.25) is 0 Å². The summed E-state index contributed by atoms with van der Waals surface area (Å²) in [7, 11) is 1.43. The third kappa shape index (κ3) is 2.48. The first-order valence-corrected chi connectivity index (χ1v) is 5.54. The second-order valence-corrected chi connectivity index (χ2v) is 3.80. The number of hydrogen-bond donors (Lipinski definition) is 0. The Bertz CT molecular complexity index is 602. The van der Waals surface area contributed by atoms with Gasteiger partial charge in [0.1, 0.15) is 0 Å². The van der Waals surface area contributed by atoms with Gasteiger partial charge in [-0.1, -0.05) is 30.3 Å². The Labute approximate surface area is 104 Å². The lowest BCUT2D eigenvalue weighted by molar-refractivity contribution is 0.0970. The van der Waals surface area contributed by atoms with E-state index in [-0.39, 0.29) is 23.6 Å². The summed E-state index contributed by atoms with van der Waals surface area (Å²) in [4.78, 5) is 23.8. The highest BCUT2D eigenvalue weighted by molar-refractivity contribution is 5.95. The highest BCUT2D eigenvalue weighted by Crippen LogP contribution is 2.04. The molecule has 2 rings (SSSR count). The number of benzene rings is 1. The lowest BCUT2D eigenvalue weighted by Gasteiger charge is -2.06. The van der Waals surface area contributed by atoms with E-state index >= 15 is 0 Å². The topological polar surface area (TPSA) is 48.3 Å². The van der Waals surface area contributed by atoms with Crippen molar-refractivity contribution in [3.8, 4) is 5.75 Å². The van der Waals surface area contributed by atoms with E-state index in [0.29, 0.717) is 5.56 Å². The van der Waals surface area contributed by atoms with Gasteiger partial charge in [0.15, 0.2) is 11.5 Å². The number of methoxy groups -OCH3 is 1. The Morgan fingerprint density at radius 3 is 2.56 bits per heavy atom. The van der Waals surface area contributed by atoms with Crippen LogP contribution in [-0.2, 0) is 6.54 Å². The standard InChI is InChI=1S/C14H13NO3/c1-18-13-8-5-9-15(14(13)17)10-12(16)11-6-3-2-4-7-11/h2-9H,10H2,1H3. The number of pyridine rings is 1. The highest BCUT2D eigenvalue weighted by Gasteiger charge is 2.09. The molecular weight excluding hydrogens is 230 g/mol. The molecule has 4 heteroatoms. The van der Waals surface area contributed by atoms with Crippen LogP contribution in [0.5, 0.6) is 5.75 Å². The molecule has 0 atom stereocenters. The van der Waals surface area contributed by atoms with Gasteiger partial charge in [-0.05, 0) is 12.1 Å². The monoisotopic (exact) mass is 243 g/mol. The fraction of sp³-hybridized carbons (Fsp3) is 0.143. The molecule has 92 valence electrons. The van der Waals surface area contributed by atoms with Crippen molar-refractivity contribution in [3.05, 3.63) is 64.6 Å². The molecule has 0 amide bonds. The smallest absolute Gasteiger partial charge is 0.293 e. The molecular formula is C14H13NO3. The molecule has 0 saturated carbocycles. The van der Waals surface area contributed by atoms with E-state index in [4.69, 9.17) is 4.74 Å². The summed E-state index contributed by atoms with van der Waals surface area (Å²) in [5.74, 6) is 0.129. The van der Waals surface area contributed by atoms with Crippen LogP contribution in [-0.4, -0.2) is 17.5 Å². The molecule has 18 heavy (non-hydrogen) atoms. The molecule has 0 bridgehead atoms. The van der Waals surface area contributed by atoms with Crippen LogP contribution in [0, 0.1) is 0 Å². The van der Waals surface area contributed by atoms with E-state index in [1.165, 1.54) is 11.7 Å². The largest absolute Gasteiger partial charge is 0.491 e. The maximum atomic E-state index is 12.0. The molecule has 1 aromatic heterocycles. The Morgan fingerprint density at radius 2 is 1.89 bits per heavy atom. The average Bonchev–Trinajstić information content (AvgIpc) is 2.42. The Balaban J connectivity index is 2.25. The van der Waals surface area contributed by atoms with Gasteiger partial charge >= 0.3 is 0 Å². The highest BCUT2D eigenvalue weighted by atomic mass is 16.5. The van der Waals surface area contributed by atoms with E-state index in [1.807, 2.05) is 6.07 Å². The summed E-state index contributed by atoms with van der Waals surface area (Å²) >= 11 is 0. The van der Waals surface area contributed by atoms with Crippen LogP contribution in [0.4, 0.5) is 0 Å². The van der Waals surface area contributed by atoms with Gasteiger partial charge in [0, 0.05) is 11.8 Å². The van der Waals surface area contributed by atoms with Crippen molar-refractivity contribution < 1.29 is 9.53 Å². The summed E-state index contributed by atoms with van der Waals surface area (Å²) in [5.41, 5.74) is 0.288. The van der Waals surface area contributed by atoms with Crippen molar-refractivity contribution in [1.82, 2.24) is 4.57 Å². The van der Waals surface area contributed by atoms with Gasteiger partial charge in [-0.2, -0.15) is 0 Å². The minimum absolute atomic E-state index is 0.0139. The van der Waals surface area contributed by atoms with Gasteiger partial charge in [0.25, 0.3) is 5.56 Å². The Kier molecular flexibility index (Phi) is 3.57. The quantitative estimate of drug-likeness (QED) is 0.768. The number of nitrogens with zero attached hydrogens (tertiary/aromatic N) is 1. The van der Waals surface area contributed by atoms with Gasteiger partial charge in [-0.15, -0.1) is 0 Å². The van der Waals surface area contributed by atoms with Gasteiger partial charge in [0.05, 0.1) is 13.7 Å². The van der Waals surface area contributed by atoms with Gasteiger partial charge in [-0.25, -0.2) is 0 Å². The van der Waals surface area contributed by atoms with Crippen molar-refractivity contribution in [1.29, 1.82) is 0 Å². The first-order chi connectivity index (χ1) is 8.72. The van der Waals surface area contributed by atoms with Crippen molar-refractivity contribution in [2.24, 2.45) is 0 Å². The molecule has 0 aliphatic carbocycles. The number of Topliss-reactive ketones (excluding diaryl/α,β-unsaturated/α-hetero) is 1. The first kappa shape index (κ1) is 12.1. The van der Waals surface area contributed by atoms with E-state index in [0.717, 1.165) is 0 Å². The molecule has 0 fully saturated rings. The van der Waals surface area contributed by atoms with Crippen molar-refractivity contribution in [2.75, 3.05) is 7.11 Å². The predicted molar refractivity (Wildman–Crippen MR) is 68.0 cm³/mol. The lowest BCUT2D eigenvalue weighted by atomic mass is 10.1. The predicted octanol–water partition coefficient (Wildman–Crippen LogP) is 1.74. The normalized spacial score (nSPS) is 10.1. The van der Waals surface area contributed by atoms with Crippen LogP contribution in [0.2, 0.25) is 0 Å². The van der Waals surface area contributed by atoms with Crippen LogP contribution < -0.4 is 10.3 Å². The Morgan fingerprint density at radius 1 is 1.17 bits per heavy atom. The Hall–Kier alpha value is -2.36. The molecule has 0 aliphatic rings. The van der Waals surface area contributed by atoms with Crippen molar-refractivity contribution in [2.45, 2.75) is 6.54 Å². The molecule has 4 nitrogen and oxygen atoms in total. The molecule has 0 unspecified atom stereocenters. The zero-order valence-corrected chi connectivity index (χ0v) is 10.00. The zero-order chi connectivity index (χ0) is 13.0. The second-order valence-electron chi connectivity index (χ2n) is 3.80. The molecule has 0 aliphatic heterocycles. The number of hydrogen-bond acceptors (Lipinski definition) is 3. The second kappa shape index (κ2) is 5.31. The maximum absolute atomic E-state index is 12.0. The van der Waals surface area contributed by atoms with Gasteiger partial charge in [-0.3, -0.25) is 9.59 Å². The lowest BCUT2D eigenvalue weighted by Crippen LogP contribution is -2.24. The molecule has 0 radical (unpaired) electrons. The van der Waals surface area contributed by atoms with Crippen molar-refractivity contribution in [3.63, 3.8) is 0 Å². The third-order valence-corrected chi connectivity index (χ3v) is 2.61. The summed E-state index contributed by atoms with van der Waals surface area (Å²) in [6.45, 7) is 0.0139. The van der Waals surface area contributed by atoms with E-state index in [2.05, 4.69) is 0 Å². The van der Waals surface area contributed by atoms with E-state index in [9.17, 15) is 9.59 Å². The molecule has 0 N–H and O–H groups in total.